The Hall–Kier alpha value is -3.57. The van der Waals surface area contributed by atoms with Crippen LogP contribution in [0.5, 0.6) is 0 Å². The van der Waals surface area contributed by atoms with Gasteiger partial charge < -0.3 is 10.1 Å². The van der Waals surface area contributed by atoms with Crippen molar-refractivity contribution in [1.29, 1.82) is 0 Å². The van der Waals surface area contributed by atoms with E-state index in [2.05, 4.69) is 25.0 Å². The van der Waals surface area contributed by atoms with E-state index < -0.39 is 10.0 Å². The highest BCUT2D eigenvalue weighted by atomic mass is 32.2. The molecule has 3 aromatic heterocycles. The smallest absolute Gasteiger partial charge is 0.348 e. The maximum absolute atomic E-state index is 12.9. The van der Waals surface area contributed by atoms with Crippen LogP contribution in [0.4, 0.5) is 17.3 Å². The van der Waals surface area contributed by atoms with Crippen molar-refractivity contribution < 1.29 is 17.9 Å². The summed E-state index contributed by atoms with van der Waals surface area (Å²) in [5.41, 5.74) is 1.40. The number of benzene rings is 1. The average molecular weight is 524 g/mol. The van der Waals surface area contributed by atoms with Crippen molar-refractivity contribution in [1.82, 2.24) is 15.0 Å². The highest BCUT2D eigenvalue weighted by Crippen LogP contribution is 2.35. The topological polar surface area (TPSA) is 123 Å². The van der Waals surface area contributed by atoms with E-state index in [9.17, 15) is 13.2 Å². The third-order valence-corrected chi connectivity index (χ3v) is 8.62. The number of carbonyl (C=O) groups is 1. The molecule has 1 aliphatic rings. The zero-order valence-electron chi connectivity index (χ0n) is 19.6. The van der Waals surface area contributed by atoms with Crippen molar-refractivity contribution in [3.8, 4) is 0 Å². The Morgan fingerprint density at radius 3 is 2.53 bits per heavy atom. The number of anilines is 3. The average Bonchev–Trinajstić information content (AvgIpc) is 3.23. The molecule has 186 valence electrons. The van der Waals surface area contributed by atoms with Gasteiger partial charge in [0.2, 0.25) is 0 Å². The lowest BCUT2D eigenvalue weighted by Crippen LogP contribution is -2.20. The molecule has 0 amide bonds. The Kier molecular flexibility index (Phi) is 6.84. The van der Waals surface area contributed by atoms with E-state index in [1.165, 1.54) is 42.4 Å². The number of rotatable bonds is 7. The van der Waals surface area contributed by atoms with E-state index in [1.54, 1.807) is 30.3 Å². The molecular formula is C25H25N5O4S2. The van der Waals surface area contributed by atoms with Crippen molar-refractivity contribution in [3.63, 3.8) is 0 Å². The Balaban J connectivity index is 1.35. The highest BCUT2D eigenvalue weighted by molar-refractivity contribution is 7.92. The third kappa shape index (κ3) is 5.17. The summed E-state index contributed by atoms with van der Waals surface area (Å²) in [6.45, 7) is 1.86. The Labute approximate surface area is 213 Å². The number of ether oxygens (including phenoxy) is 1. The fourth-order valence-corrected chi connectivity index (χ4v) is 6.26. The first-order chi connectivity index (χ1) is 17.4. The summed E-state index contributed by atoms with van der Waals surface area (Å²) in [6.07, 6.45) is 8.10. The molecule has 36 heavy (non-hydrogen) atoms. The van der Waals surface area contributed by atoms with Gasteiger partial charge >= 0.3 is 5.97 Å². The van der Waals surface area contributed by atoms with Crippen molar-refractivity contribution >= 4 is 54.9 Å². The van der Waals surface area contributed by atoms with Gasteiger partial charge in [0.15, 0.2) is 0 Å². The number of fused-ring (bicyclic) bond motifs is 1. The number of nitrogens with zero attached hydrogens (tertiary/aromatic N) is 3. The fraction of sp³-hybridized carbons (Fsp3) is 0.280. The molecule has 0 atom stereocenters. The maximum Gasteiger partial charge on any atom is 0.348 e. The predicted molar refractivity (Wildman–Crippen MR) is 139 cm³/mol. The Morgan fingerprint density at radius 2 is 1.81 bits per heavy atom. The van der Waals surface area contributed by atoms with Crippen molar-refractivity contribution in [2.75, 3.05) is 10.0 Å². The van der Waals surface area contributed by atoms with E-state index in [1.807, 2.05) is 6.92 Å². The van der Waals surface area contributed by atoms with Crippen LogP contribution in [0.1, 0.15) is 47.3 Å². The standard InChI is InChI=1S/C25H25N5O4S2/c1-16-21-23(27-15-28-24(21)35-22(16)25(31)34-18-7-3-2-4-8-18)29-17-10-12-19(13-11-17)36(32,33)30-20-9-5-6-14-26-20/h5-6,9-15,18H,2-4,7-8H2,1H3,(H,26,30)(H,27,28,29). The fourth-order valence-electron chi connectivity index (χ4n) is 4.22. The third-order valence-electron chi connectivity index (χ3n) is 6.07. The minimum Gasteiger partial charge on any atom is -0.458 e. The molecule has 1 aliphatic carbocycles. The van der Waals surface area contributed by atoms with Crippen LogP contribution in [0.3, 0.4) is 0 Å². The van der Waals surface area contributed by atoms with E-state index in [4.69, 9.17) is 4.74 Å². The van der Waals surface area contributed by atoms with Gasteiger partial charge in [-0.05, 0) is 74.6 Å². The number of carbonyl (C=O) groups excluding carboxylic acids is 1. The second kappa shape index (κ2) is 10.2. The SMILES string of the molecule is Cc1c(C(=O)OC2CCCCC2)sc2ncnc(Nc3ccc(S(=O)(=O)Nc4ccccn4)cc3)c12. The number of sulfonamides is 1. The van der Waals surface area contributed by atoms with E-state index >= 15 is 0 Å². The second-order valence-corrected chi connectivity index (χ2v) is 11.3. The summed E-state index contributed by atoms with van der Waals surface area (Å²) in [6, 6.07) is 11.3. The monoisotopic (exact) mass is 523 g/mol. The quantitative estimate of drug-likeness (QED) is 0.308. The molecule has 5 rings (SSSR count). The van der Waals surface area contributed by atoms with Crippen molar-refractivity contribution in [3.05, 3.63) is 65.4 Å². The van der Waals surface area contributed by atoms with Gasteiger partial charge in [-0.3, -0.25) is 4.72 Å². The second-order valence-electron chi connectivity index (χ2n) is 8.59. The molecule has 3 heterocycles. The van der Waals surface area contributed by atoms with Gasteiger partial charge in [0.1, 0.15) is 33.8 Å². The predicted octanol–water partition coefficient (Wildman–Crippen LogP) is 5.43. The number of aromatic nitrogens is 3. The maximum atomic E-state index is 12.9. The van der Waals surface area contributed by atoms with E-state index in [0.29, 0.717) is 21.2 Å². The van der Waals surface area contributed by atoms with Gasteiger partial charge in [-0.25, -0.2) is 28.2 Å². The molecule has 1 saturated carbocycles. The normalized spacial score (nSPS) is 14.5. The first kappa shape index (κ1) is 24.1. The summed E-state index contributed by atoms with van der Waals surface area (Å²) in [5, 5.41) is 3.97. The van der Waals surface area contributed by atoms with Crippen molar-refractivity contribution in [2.45, 2.75) is 50.0 Å². The van der Waals surface area contributed by atoms with Crippen LogP contribution in [0.25, 0.3) is 10.2 Å². The zero-order valence-corrected chi connectivity index (χ0v) is 21.2. The lowest BCUT2D eigenvalue weighted by molar-refractivity contribution is 0.0216. The van der Waals surface area contributed by atoms with Crippen LogP contribution in [-0.2, 0) is 14.8 Å². The summed E-state index contributed by atoms with van der Waals surface area (Å²) < 4.78 is 33.6. The van der Waals surface area contributed by atoms with Gasteiger partial charge in [0.25, 0.3) is 10.0 Å². The summed E-state index contributed by atoms with van der Waals surface area (Å²) in [5.74, 6) is 0.463. The molecule has 1 aromatic carbocycles. The molecular weight excluding hydrogens is 498 g/mol. The molecule has 1 fully saturated rings. The number of aryl methyl sites for hydroxylation is 1. The summed E-state index contributed by atoms with van der Waals surface area (Å²) in [7, 11) is -3.78. The van der Waals surface area contributed by atoms with Gasteiger partial charge in [0, 0.05) is 11.9 Å². The summed E-state index contributed by atoms with van der Waals surface area (Å²) >= 11 is 1.29. The van der Waals surface area contributed by atoms with Gasteiger partial charge in [-0.2, -0.15) is 0 Å². The number of hydrogen-bond donors (Lipinski definition) is 2. The minimum atomic E-state index is -3.78. The molecule has 0 radical (unpaired) electrons. The van der Waals surface area contributed by atoms with Crippen LogP contribution < -0.4 is 10.0 Å². The number of thiophene rings is 1. The minimum absolute atomic E-state index is 0.0264. The molecule has 0 saturated heterocycles. The molecule has 9 nitrogen and oxygen atoms in total. The largest absolute Gasteiger partial charge is 0.458 e. The molecule has 4 aromatic rings. The highest BCUT2D eigenvalue weighted by Gasteiger charge is 2.24. The molecule has 0 unspecified atom stereocenters. The van der Waals surface area contributed by atoms with Crippen LogP contribution in [-0.4, -0.2) is 35.4 Å². The number of nitrogens with one attached hydrogen (secondary N) is 2. The lowest BCUT2D eigenvalue weighted by atomic mass is 9.98. The zero-order chi connectivity index (χ0) is 25.1. The Morgan fingerprint density at radius 1 is 1.03 bits per heavy atom. The van der Waals surface area contributed by atoms with Gasteiger partial charge in [-0.15, -0.1) is 11.3 Å². The van der Waals surface area contributed by atoms with Gasteiger partial charge in [0.05, 0.1) is 10.3 Å². The van der Waals surface area contributed by atoms with Gasteiger partial charge in [-0.1, -0.05) is 12.5 Å². The lowest BCUT2D eigenvalue weighted by Gasteiger charge is -2.21. The number of pyridine rings is 1. The molecule has 0 aliphatic heterocycles. The summed E-state index contributed by atoms with van der Waals surface area (Å²) in [4.78, 5) is 26.9. The molecule has 0 bridgehead atoms. The Bertz CT molecular complexity index is 1480. The van der Waals surface area contributed by atoms with Crippen LogP contribution in [0.2, 0.25) is 0 Å². The first-order valence-corrected chi connectivity index (χ1v) is 14.0. The van der Waals surface area contributed by atoms with E-state index in [0.717, 1.165) is 36.6 Å². The van der Waals surface area contributed by atoms with Crippen LogP contribution >= 0.6 is 11.3 Å². The van der Waals surface area contributed by atoms with Crippen molar-refractivity contribution in [2.24, 2.45) is 0 Å². The molecule has 2 N–H and O–H groups in total. The molecule has 0 spiro atoms. The number of esters is 1. The molecule has 11 heteroatoms. The van der Waals surface area contributed by atoms with Crippen LogP contribution in [0.15, 0.2) is 59.9 Å². The van der Waals surface area contributed by atoms with Crippen LogP contribution in [0, 0.1) is 6.92 Å². The first-order valence-electron chi connectivity index (χ1n) is 11.7. The van der Waals surface area contributed by atoms with E-state index in [-0.39, 0.29) is 22.8 Å². The number of hydrogen-bond acceptors (Lipinski definition) is 9.